The second kappa shape index (κ2) is 6.44. The SMILES string of the molecule is CC1=NN(c2ccccc2)C(=O)/C1=C\c1cccn1-c1ccc(F)cc1. The zero-order valence-corrected chi connectivity index (χ0v) is 14.1. The van der Waals surface area contributed by atoms with Crippen molar-refractivity contribution in [1.29, 1.82) is 0 Å². The highest BCUT2D eigenvalue weighted by molar-refractivity contribution is 6.32. The monoisotopic (exact) mass is 345 g/mol. The van der Waals surface area contributed by atoms with Gasteiger partial charge in [0, 0.05) is 17.6 Å². The van der Waals surface area contributed by atoms with E-state index in [2.05, 4.69) is 5.10 Å². The Kier molecular flexibility index (Phi) is 3.97. The summed E-state index contributed by atoms with van der Waals surface area (Å²) in [5.74, 6) is -0.450. The Balaban J connectivity index is 1.70. The number of hydrogen-bond acceptors (Lipinski definition) is 2. The lowest BCUT2D eigenvalue weighted by Gasteiger charge is -2.11. The van der Waals surface area contributed by atoms with Crippen molar-refractivity contribution >= 4 is 23.4 Å². The highest BCUT2D eigenvalue weighted by Crippen LogP contribution is 2.25. The molecule has 1 aliphatic rings. The summed E-state index contributed by atoms with van der Waals surface area (Å²) in [5.41, 5.74) is 3.57. The molecular formula is C21H16FN3O. The molecule has 0 bridgehead atoms. The van der Waals surface area contributed by atoms with Crippen molar-refractivity contribution in [3.63, 3.8) is 0 Å². The van der Waals surface area contributed by atoms with Crippen LogP contribution in [0.1, 0.15) is 12.6 Å². The first kappa shape index (κ1) is 16.0. The smallest absolute Gasteiger partial charge is 0.280 e. The number of hydrazone groups is 1. The molecule has 0 radical (unpaired) electrons. The van der Waals surface area contributed by atoms with E-state index in [1.165, 1.54) is 17.1 Å². The standard InChI is InChI=1S/C21H16FN3O/c1-15-20(21(26)25(23-15)18-6-3-2-4-7-18)14-19-8-5-13-24(19)17-11-9-16(22)10-12-17/h2-14H,1H3/b20-14-. The van der Waals surface area contributed by atoms with Gasteiger partial charge in [0.2, 0.25) is 0 Å². The summed E-state index contributed by atoms with van der Waals surface area (Å²) in [6.07, 6.45) is 3.69. The lowest BCUT2D eigenvalue weighted by Crippen LogP contribution is -2.21. The third-order valence-corrected chi connectivity index (χ3v) is 4.24. The summed E-state index contributed by atoms with van der Waals surface area (Å²) in [5, 5.41) is 5.80. The second-order valence-corrected chi connectivity index (χ2v) is 5.98. The van der Waals surface area contributed by atoms with E-state index < -0.39 is 0 Å². The van der Waals surface area contributed by atoms with Gasteiger partial charge in [-0.3, -0.25) is 4.79 Å². The molecule has 4 rings (SSSR count). The Morgan fingerprint density at radius 1 is 0.923 bits per heavy atom. The van der Waals surface area contributed by atoms with Gasteiger partial charge in [0.25, 0.3) is 5.91 Å². The van der Waals surface area contributed by atoms with Gasteiger partial charge in [-0.1, -0.05) is 18.2 Å². The molecule has 0 N–H and O–H groups in total. The van der Waals surface area contributed by atoms with Crippen LogP contribution in [-0.4, -0.2) is 16.2 Å². The molecule has 0 saturated heterocycles. The van der Waals surface area contributed by atoms with Crippen molar-refractivity contribution in [2.75, 3.05) is 5.01 Å². The van der Waals surface area contributed by atoms with Gasteiger partial charge in [-0.05, 0) is 61.5 Å². The molecule has 0 saturated carbocycles. The predicted octanol–water partition coefficient (Wildman–Crippen LogP) is 4.42. The highest BCUT2D eigenvalue weighted by Gasteiger charge is 2.28. The number of aromatic nitrogens is 1. The van der Waals surface area contributed by atoms with E-state index in [9.17, 15) is 9.18 Å². The van der Waals surface area contributed by atoms with Gasteiger partial charge in [-0.25, -0.2) is 4.39 Å². The number of nitrogens with zero attached hydrogens (tertiary/aromatic N) is 3. The molecule has 1 aliphatic heterocycles. The maximum Gasteiger partial charge on any atom is 0.280 e. The van der Waals surface area contributed by atoms with Gasteiger partial charge in [-0.2, -0.15) is 10.1 Å². The van der Waals surface area contributed by atoms with Gasteiger partial charge in [0.05, 0.1) is 17.0 Å². The summed E-state index contributed by atoms with van der Waals surface area (Å²) in [7, 11) is 0. The van der Waals surface area contributed by atoms with Crippen LogP contribution in [-0.2, 0) is 4.79 Å². The average molecular weight is 345 g/mol. The first-order chi connectivity index (χ1) is 12.6. The summed E-state index contributed by atoms with van der Waals surface area (Å²) in [4.78, 5) is 12.8. The number of anilines is 1. The predicted molar refractivity (Wildman–Crippen MR) is 101 cm³/mol. The van der Waals surface area contributed by atoms with Crippen LogP contribution in [0.2, 0.25) is 0 Å². The van der Waals surface area contributed by atoms with Crippen molar-refractivity contribution < 1.29 is 9.18 Å². The van der Waals surface area contributed by atoms with E-state index in [-0.39, 0.29) is 11.7 Å². The Hall–Kier alpha value is -3.47. The molecule has 4 nitrogen and oxygen atoms in total. The van der Waals surface area contributed by atoms with E-state index in [1.54, 1.807) is 12.1 Å². The minimum absolute atomic E-state index is 0.166. The molecule has 5 heteroatoms. The molecule has 2 aromatic carbocycles. The number of para-hydroxylation sites is 1. The van der Waals surface area contributed by atoms with Gasteiger partial charge < -0.3 is 4.57 Å². The maximum absolute atomic E-state index is 13.2. The molecule has 0 aliphatic carbocycles. The van der Waals surface area contributed by atoms with Crippen LogP contribution < -0.4 is 5.01 Å². The van der Waals surface area contributed by atoms with Crippen LogP contribution in [0.25, 0.3) is 11.8 Å². The van der Waals surface area contributed by atoms with Crippen molar-refractivity contribution in [2.24, 2.45) is 5.10 Å². The van der Waals surface area contributed by atoms with E-state index in [1.807, 2.05) is 66.2 Å². The fraction of sp³-hybridized carbons (Fsp3) is 0.0476. The molecule has 1 amide bonds. The van der Waals surface area contributed by atoms with E-state index in [0.717, 1.165) is 17.1 Å². The first-order valence-corrected chi connectivity index (χ1v) is 8.23. The average Bonchev–Trinajstić information content (AvgIpc) is 3.23. The number of hydrogen-bond donors (Lipinski definition) is 0. The summed E-state index contributed by atoms with van der Waals surface area (Å²) < 4.78 is 15.1. The van der Waals surface area contributed by atoms with Crippen LogP contribution in [0.4, 0.5) is 10.1 Å². The van der Waals surface area contributed by atoms with Gasteiger partial charge in [0.15, 0.2) is 0 Å². The summed E-state index contributed by atoms with van der Waals surface area (Å²) >= 11 is 0. The quantitative estimate of drug-likeness (QED) is 0.647. The molecule has 3 aromatic rings. The molecule has 0 atom stereocenters. The molecule has 0 unspecified atom stereocenters. The lowest BCUT2D eigenvalue weighted by atomic mass is 10.1. The third-order valence-electron chi connectivity index (χ3n) is 4.24. The third kappa shape index (κ3) is 2.84. The lowest BCUT2D eigenvalue weighted by molar-refractivity contribution is -0.114. The molecule has 128 valence electrons. The van der Waals surface area contributed by atoms with Crippen molar-refractivity contribution in [3.8, 4) is 5.69 Å². The van der Waals surface area contributed by atoms with Crippen molar-refractivity contribution in [3.05, 3.63) is 90.0 Å². The number of carbonyl (C=O) groups is 1. The number of carbonyl (C=O) groups excluding carboxylic acids is 1. The molecular weight excluding hydrogens is 329 g/mol. The Labute approximate surface area is 150 Å². The van der Waals surface area contributed by atoms with Crippen LogP contribution in [0.5, 0.6) is 0 Å². The van der Waals surface area contributed by atoms with Crippen LogP contribution >= 0.6 is 0 Å². The maximum atomic E-state index is 13.2. The molecule has 0 spiro atoms. The minimum Gasteiger partial charge on any atom is -0.317 e. The molecule has 1 aromatic heterocycles. The zero-order valence-electron chi connectivity index (χ0n) is 14.1. The van der Waals surface area contributed by atoms with E-state index in [0.29, 0.717) is 11.3 Å². The topological polar surface area (TPSA) is 37.6 Å². The zero-order chi connectivity index (χ0) is 18.1. The highest BCUT2D eigenvalue weighted by atomic mass is 19.1. The molecule has 0 fully saturated rings. The Bertz CT molecular complexity index is 1020. The van der Waals surface area contributed by atoms with Crippen LogP contribution in [0.15, 0.2) is 83.6 Å². The van der Waals surface area contributed by atoms with Crippen LogP contribution in [0, 0.1) is 5.82 Å². The number of benzene rings is 2. The van der Waals surface area contributed by atoms with Gasteiger partial charge >= 0.3 is 0 Å². The van der Waals surface area contributed by atoms with Gasteiger partial charge in [0.1, 0.15) is 5.82 Å². The largest absolute Gasteiger partial charge is 0.317 e. The van der Waals surface area contributed by atoms with Gasteiger partial charge in [-0.15, -0.1) is 0 Å². The first-order valence-electron chi connectivity index (χ1n) is 8.23. The molecule has 26 heavy (non-hydrogen) atoms. The summed E-state index contributed by atoms with van der Waals surface area (Å²) in [6, 6.07) is 19.3. The van der Waals surface area contributed by atoms with Crippen molar-refractivity contribution in [1.82, 2.24) is 4.57 Å². The second-order valence-electron chi connectivity index (χ2n) is 5.98. The van der Waals surface area contributed by atoms with Crippen LogP contribution in [0.3, 0.4) is 0 Å². The Morgan fingerprint density at radius 2 is 1.65 bits per heavy atom. The number of rotatable bonds is 3. The normalized spacial score (nSPS) is 15.6. The van der Waals surface area contributed by atoms with E-state index >= 15 is 0 Å². The van der Waals surface area contributed by atoms with Crippen molar-refractivity contribution in [2.45, 2.75) is 6.92 Å². The number of halogens is 1. The number of amides is 1. The fourth-order valence-electron chi connectivity index (χ4n) is 2.92. The summed E-state index contributed by atoms with van der Waals surface area (Å²) in [6.45, 7) is 1.82. The Morgan fingerprint density at radius 3 is 2.38 bits per heavy atom. The fourth-order valence-corrected chi connectivity index (χ4v) is 2.92. The van der Waals surface area contributed by atoms with E-state index in [4.69, 9.17) is 0 Å². The molecule has 2 heterocycles. The minimum atomic E-state index is -0.284.